The number of carbonyl (C=O) groups excluding carboxylic acids is 1. The predicted octanol–water partition coefficient (Wildman–Crippen LogP) is 1.36. The number of benzene rings is 1. The molecule has 1 aliphatic heterocycles. The summed E-state index contributed by atoms with van der Waals surface area (Å²) in [6.45, 7) is 2.40. The Bertz CT molecular complexity index is 495. The number of hydrogen-bond acceptors (Lipinski definition) is 4. The van der Waals surface area contributed by atoms with Crippen LogP contribution >= 0.6 is 15.9 Å². The number of ether oxygens (including phenoxy) is 1. The number of nitrogens with one attached hydrogen (secondary N) is 2. The van der Waals surface area contributed by atoms with Crippen LogP contribution in [-0.2, 0) is 4.79 Å². The zero-order valence-corrected chi connectivity index (χ0v) is 13.1. The minimum absolute atomic E-state index is 0.0824. The van der Waals surface area contributed by atoms with Crippen LogP contribution in [0, 0.1) is 0 Å². The maximum Gasteiger partial charge on any atom is 0.237 e. The molecule has 0 unspecified atom stereocenters. The molecule has 1 amide bonds. The molecule has 3 N–H and O–H groups in total. The van der Waals surface area contributed by atoms with Gasteiger partial charge >= 0.3 is 0 Å². The summed E-state index contributed by atoms with van der Waals surface area (Å²) in [7, 11) is 1.61. The molecule has 6 heteroatoms. The molecule has 20 heavy (non-hydrogen) atoms. The zero-order valence-electron chi connectivity index (χ0n) is 11.5. The lowest BCUT2D eigenvalue weighted by Crippen LogP contribution is -2.41. The van der Waals surface area contributed by atoms with Crippen LogP contribution in [0.25, 0.3) is 0 Å². The first-order valence-corrected chi connectivity index (χ1v) is 7.36. The van der Waals surface area contributed by atoms with Crippen molar-refractivity contribution in [3.63, 3.8) is 0 Å². The standard InChI is InChI=1S/C14H19BrN2O3/c1-8(9-3-4-13(20-2)11(15)5-9)17-14(19)12-6-10(18)7-16-12/h3-5,8,10,12,16,18H,6-7H2,1-2H3,(H,17,19)/t8-,10-,12+/m0/s1. The van der Waals surface area contributed by atoms with Crippen LogP contribution in [0.5, 0.6) is 5.75 Å². The fraction of sp³-hybridized carbons (Fsp3) is 0.500. The fourth-order valence-corrected chi connectivity index (χ4v) is 2.82. The predicted molar refractivity (Wildman–Crippen MR) is 79.7 cm³/mol. The van der Waals surface area contributed by atoms with E-state index < -0.39 is 6.10 Å². The van der Waals surface area contributed by atoms with Gasteiger partial charge in [-0.25, -0.2) is 0 Å². The maximum atomic E-state index is 12.1. The lowest BCUT2D eigenvalue weighted by Gasteiger charge is -2.18. The van der Waals surface area contributed by atoms with Crippen molar-refractivity contribution in [1.82, 2.24) is 10.6 Å². The maximum absolute atomic E-state index is 12.1. The van der Waals surface area contributed by atoms with E-state index in [-0.39, 0.29) is 18.0 Å². The molecule has 0 aliphatic carbocycles. The molecule has 1 aromatic carbocycles. The Morgan fingerprint density at radius 2 is 2.35 bits per heavy atom. The normalized spacial score (nSPS) is 23.4. The molecule has 1 aliphatic rings. The van der Waals surface area contributed by atoms with Gasteiger partial charge in [0.05, 0.1) is 29.8 Å². The molecular weight excluding hydrogens is 324 g/mol. The van der Waals surface area contributed by atoms with Crippen molar-refractivity contribution in [2.75, 3.05) is 13.7 Å². The lowest BCUT2D eigenvalue weighted by atomic mass is 10.1. The van der Waals surface area contributed by atoms with Crippen LogP contribution < -0.4 is 15.4 Å². The van der Waals surface area contributed by atoms with Crippen LogP contribution in [0.4, 0.5) is 0 Å². The van der Waals surface area contributed by atoms with E-state index >= 15 is 0 Å². The summed E-state index contributed by atoms with van der Waals surface area (Å²) >= 11 is 3.43. The molecule has 1 aromatic rings. The highest BCUT2D eigenvalue weighted by Gasteiger charge is 2.28. The summed E-state index contributed by atoms with van der Waals surface area (Å²) in [5, 5.41) is 15.4. The van der Waals surface area contributed by atoms with E-state index in [1.165, 1.54) is 0 Å². The molecule has 0 radical (unpaired) electrons. The Balaban J connectivity index is 1.99. The highest BCUT2D eigenvalue weighted by molar-refractivity contribution is 9.10. The van der Waals surface area contributed by atoms with Crippen LogP contribution in [0.1, 0.15) is 24.9 Å². The fourth-order valence-electron chi connectivity index (χ4n) is 2.27. The van der Waals surface area contributed by atoms with Gasteiger partial charge in [-0.3, -0.25) is 4.79 Å². The van der Waals surface area contributed by atoms with Crippen LogP contribution in [0.2, 0.25) is 0 Å². The number of carbonyl (C=O) groups is 1. The molecule has 2 rings (SSSR count). The zero-order chi connectivity index (χ0) is 14.7. The van der Waals surface area contributed by atoms with Gasteiger partial charge in [0.15, 0.2) is 0 Å². The van der Waals surface area contributed by atoms with Gasteiger partial charge in [-0.15, -0.1) is 0 Å². The SMILES string of the molecule is COc1ccc([C@H](C)NC(=O)[C@H]2C[C@H](O)CN2)cc1Br. The molecule has 0 spiro atoms. The van der Waals surface area contributed by atoms with E-state index in [1.54, 1.807) is 7.11 Å². The summed E-state index contributed by atoms with van der Waals surface area (Å²) in [6, 6.07) is 5.30. The molecular formula is C14H19BrN2O3. The summed E-state index contributed by atoms with van der Waals surface area (Å²) in [5.74, 6) is 0.675. The van der Waals surface area contributed by atoms with E-state index in [4.69, 9.17) is 4.74 Å². The number of hydrogen-bond donors (Lipinski definition) is 3. The first kappa shape index (κ1) is 15.3. The molecule has 0 aromatic heterocycles. The van der Waals surface area contributed by atoms with E-state index in [0.717, 1.165) is 15.8 Å². The first-order chi connectivity index (χ1) is 9.51. The van der Waals surface area contributed by atoms with E-state index in [0.29, 0.717) is 13.0 Å². The molecule has 1 fully saturated rings. The number of methoxy groups -OCH3 is 1. The second-order valence-corrected chi connectivity index (χ2v) is 5.83. The van der Waals surface area contributed by atoms with Gasteiger partial charge in [0.25, 0.3) is 0 Å². The minimum Gasteiger partial charge on any atom is -0.496 e. The van der Waals surface area contributed by atoms with Crippen LogP contribution in [0.15, 0.2) is 22.7 Å². The largest absolute Gasteiger partial charge is 0.496 e. The molecule has 0 saturated carbocycles. The van der Waals surface area contributed by atoms with Crippen molar-refractivity contribution in [2.24, 2.45) is 0 Å². The highest BCUT2D eigenvalue weighted by atomic mass is 79.9. The van der Waals surface area contributed by atoms with E-state index in [9.17, 15) is 9.90 Å². The topological polar surface area (TPSA) is 70.6 Å². The average Bonchev–Trinajstić information content (AvgIpc) is 2.85. The molecule has 0 bridgehead atoms. The van der Waals surface area contributed by atoms with Crippen molar-refractivity contribution in [3.8, 4) is 5.75 Å². The summed E-state index contributed by atoms with van der Waals surface area (Å²) < 4.78 is 6.04. The van der Waals surface area contributed by atoms with Gasteiger partial charge in [-0.1, -0.05) is 6.07 Å². The van der Waals surface area contributed by atoms with Gasteiger partial charge in [0.2, 0.25) is 5.91 Å². The Morgan fingerprint density at radius 3 is 2.90 bits per heavy atom. The Kier molecular flexibility index (Phi) is 5.01. The number of aliphatic hydroxyl groups excluding tert-OH is 1. The van der Waals surface area contributed by atoms with Crippen molar-refractivity contribution in [3.05, 3.63) is 28.2 Å². The third-order valence-electron chi connectivity index (χ3n) is 3.46. The monoisotopic (exact) mass is 342 g/mol. The lowest BCUT2D eigenvalue weighted by molar-refractivity contribution is -0.123. The van der Waals surface area contributed by atoms with Gasteiger partial charge < -0.3 is 20.5 Å². The number of amides is 1. The highest BCUT2D eigenvalue weighted by Crippen LogP contribution is 2.28. The van der Waals surface area contributed by atoms with Crippen LogP contribution in [-0.4, -0.2) is 36.8 Å². The van der Waals surface area contributed by atoms with Gasteiger partial charge in [-0.2, -0.15) is 0 Å². The second kappa shape index (κ2) is 6.56. The number of β-amino-alcohol motifs (C(OH)–C–C–N with tert-alkyl or cyclic N) is 1. The van der Waals surface area contributed by atoms with Gasteiger partial charge in [-0.05, 0) is 47.0 Å². The molecule has 3 atom stereocenters. The van der Waals surface area contributed by atoms with Crippen LogP contribution in [0.3, 0.4) is 0 Å². The molecule has 1 saturated heterocycles. The van der Waals surface area contributed by atoms with Crippen molar-refractivity contribution in [1.29, 1.82) is 0 Å². The quantitative estimate of drug-likeness (QED) is 0.772. The Labute approximate surface area is 126 Å². The Hall–Kier alpha value is -1.11. The Morgan fingerprint density at radius 1 is 1.60 bits per heavy atom. The van der Waals surface area contributed by atoms with Crippen molar-refractivity contribution >= 4 is 21.8 Å². The summed E-state index contributed by atoms with van der Waals surface area (Å²) in [5.41, 5.74) is 0.990. The minimum atomic E-state index is -0.434. The van der Waals surface area contributed by atoms with Crippen molar-refractivity contribution < 1.29 is 14.6 Å². The first-order valence-electron chi connectivity index (χ1n) is 6.56. The number of rotatable bonds is 4. The van der Waals surface area contributed by atoms with Crippen molar-refractivity contribution in [2.45, 2.75) is 31.5 Å². The van der Waals surface area contributed by atoms with Gasteiger partial charge in [0.1, 0.15) is 5.75 Å². The van der Waals surface area contributed by atoms with E-state index in [1.807, 2.05) is 25.1 Å². The molecule has 110 valence electrons. The average molecular weight is 343 g/mol. The smallest absolute Gasteiger partial charge is 0.237 e. The summed E-state index contributed by atoms with van der Waals surface area (Å²) in [4.78, 5) is 12.1. The second-order valence-electron chi connectivity index (χ2n) is 4.97. The third-order valence-corrected chi connectivity index (χ3v) is 4.08. The summed E-state index contributed by atoms with van der Waals surface area (Å²) in [6.07, 6.45) is 0.0291. The molecule has 1 heterocycles. The third kappa shape index (κ3) is 3.50. The van der Waals surface area contributed by atoms with E-state index in [2.05, 4.69) is 26.6 Å². The van der Waals surface area contributed by atoms with Gasteiger partial charge in [0, 0.05) is 6.54 Å². The number of aliphatic hydroxyl groups is 1. The number of halogens is 1. The molecule has 5 nitrogen and oxygen atoms in total.